The number of hydrogen-bond acceptors (Lipinski definition) is 3. The quantitative estimate of drug-likeness (QED) is 0.894. The monoisotopic (exact) mass is 359 g/mol. The van der Waals surface area contributed by atoms with E-state index in [0.29, 0.717) is 17.0 Å². The molecule has 6 nitrogen and oxygen atoms in total. The third kappa shape index (κ3) is 4.48. The van der Waals surface area contributed by atoms with E-state index in [1.807, 2.05) is 9.80 Å². The van der Waals surface area contributed by atoms with Gasteiger partial charge in [-0.25, -0.2) is 4.79 Å². The van der Waals surface area contributed by atoms with Gasteiger partial charge in [0, 0.05) is 31.7 Å². The lowest BCUT2D eigenvalue weighted by Crippen LogP contribution is -2.37. The summed E-state index contributed by atoms with van der Waals surface area (Å²) in [5.41, 5.74) is 1.15. The van der Waals surface area contributed by atoms with Crippen LogP contribution < -0.4 is 10.1 Å². The maximum Gasteiger partial charge on any atom is 0.321 e. The number of hydrogen-bond donors (Lipinski definition) is 1. The fourth-order valence-electron chi connectivity index (χ4n) is 3.69. The van der Waals surface area contributed by atoms with E-state index in [2.05, 4.69) is 5.32 Å². The molecule has 0 atom stereocenters. The van der Waals surface area contributed by atoms with Gasteiger partial charge in [0.15, 0.2) is 0 Å². The molecule has 0 aromatic heterocycles. The Hall–Kier alpha value is -2.24. The van der Waals surface area contributed by atoms with Gasteiger partial charge in [0.1, 0.15) is 5.75 Å². The van der Waals surface area contributed by atoms with Gasteiger partial charge in [-0.05, 0) is 43.9 Å². The summed E-state index contributed by atoms with van der Waals surface area (Å²) in [7, 11) is 1.57. The zero-order chi connectivity index (χ0) is 18.4. The highest BCUT2D eigenvalue weighted by Gasteiger charge is 2.22. The fraction of sp³-hybridized carbons (Fsp3) is 0.600. The smallest absolute Gasteiger partial charge is 0.321 e. The molecule has 26 heavy (non-hydrogen) atoms. The van der Waals surface area contributed by atoms with Gasteiger partial charge in [0.2, 0.25) is 0 Å². The van der Waals surface area contributed by atoms with Gasteiger partial charge >= 0.3 is 6.03 Å². The van der Waals surface area contributed by atoms with Crippen LogP contribution in [-0.2, 0) is 0 Å². The molecule has 0 bridgehead atoms. The van der Waals surface area contributed by atoms with Crippen LogP contribution in [0.25, 0.3) is 0 Å². The molecular weight excluding hydrogens is 330 g/mol. The summed E-state index contributed by atoms with van der Waals surface area (Å²) in [5, 5.41) is 2.96. The molecule has 2 heterocycles. The molecule has 3 amide bonds. The second kappa shape index (κ2) is 8.92. The molecule has 0 radical (unpaired) electrons. The molecular formula is C20H29N3O3. The summed E-state index contributed by atoms with van der Waals surface area (Å²) in [6.45, 7) is 3.17. The van der Waals surface area contributed by atoms with Gasteiger partial charge in [-0.15, -0.1) is 0 Å². The molecule has 0 aliphatic carbocycles. The van der Waals surface area contributed by atoms with Gasteiger partial charge in [-0.3, -0.25) is 4.79 Å². The molecule has 0 saturated carbocycles. The van der Waals surface area contributed by atoms with E-state index in [4.69, 9.17) is 4.74 Å². The number of likely N-dealkylation sites (tertiary alicyclic amines) is 2. The number of ether oxygens (including phenoxy) is 1. The maximum atomic E-state index is 12.7. The van der Waals surface area contributed by atoms with E-state index >= 15 is 0 Å². The molecule has 0 spiro atoms. The molecule has 0 unspecified atom stereocenters. The zero-order valence-corrected chi connectivity index (χ0v) is 15.6. The second-order valence-corrected chi connectivity index (χ2v) is 7.10. The fourth-order valence-corrected chi connectivity index (χ4v) is 3.69. The van der Waals surface area contributed by atoms with Crippen LogP contribution in [0.3, 0.4) is 0 Å². The van der Waals surface area contributed by atoms with Crippen molar-refractivity contribution in [2.24, 2.45) is 0 Å². The lowest BCUT2D eigenvalue weighted by molar-refractivity contribution is 0.0793. The van der Waals surface area contributed by atoms with Crippen molar-refractivity contribution in [1.82, 2.24) is 9.80 Å². The van der Waals surface area contributed by atoms with Crippen LogP contribution in [0.2, 0.25) is 0 Å². The summed E-state index contributed by atoms with van der Waals surface area (Å²) in [6.07, 6.45) is 7.79. The molecule has 3 rings (SSSR count). The highest BCUT2D eigenvalue weighted by atomic mass is 16.5. The SMILES string of the molecule is COc1ccc(C(=O)N2CCCC2)cc1NC(=O)N1CCCCCCC1. The van der Waals surface area contributed by atoms with E-state index in [0.717, 1.165) is 51.9 Å². The molecule has 1 N–H and O–H groups in total. The average molecular weight is 359 g/mol. The molecule has 2 aliphatic rings. The molecule has 142 valence electrons. The van der Waals surface area contributed by atoms with E-state index in [-0.39, 0.29) is 11.9 Å². The number of nitrogens with zero attached hydrogens (tertiary/aromatic N) is 2. The number of amides is 3. The van der Waals surface area contributed by atoms with Crippen LogP contribution in [0.5, 0.6) is 5.75 Å². The first kappa shape index (κ1) is 18.5. The van der Waals surface area contributed by atoms with Crippen molar-refractivity contribution in [3.8, 4) is 5.75 Å². The van der Waals surface area contributed by atoms with Crippen molar-refractivity contribution >= 4 is 17.6 Å². The predicted octanol–water partition coefficient (Wildman–Crippen LogP) is 3.73. The van der Waals surface area contributed by atoms with Crippen molar-refractivity contribution in [3.63, 3.8) is 0 Å². The standard InChI is InChI=1S/C20H29N3O3/c1-26-18-10-9-16(19(24)22-11-7-8-12-22)15-17(18)21-20(25)23-13-5-3-2-4-6-14-23/h9-10,15H,2-8,11-14H2,1H3,(H,21,25). The Balaban J connectivity index is 1.73. The van der Waals surface area contributed by atoms with E-state index < -0.39 is 0 Å². The summed E-state index contributed by atoms with van der Waals surface area (Å²) in [4.78, 5) is 29.1. The summed E-state index contributed by atoms with van der Waals surface area (Å²) in [6, 6.07) is 5.15. The van der Waals surface area contributed by atoms with E-state index in [1.54, 1.807) is 25.3 Å². The number of benzene rings is 1. The Morgan fingerprint density at radius 1 is 0.885 bits per heavy atom. The van der Waals surface area contributed by atoms with E-state index in [1.165, 1.54) is 19.3 Å². The second-order valence-electron chi connectivity index (χ2n) is 7.10. The van der Waals surface area contributed by atoms with Crippen molar-refractivity contribution in [2.45, 2.75) is 44.9 Å². The van der Waals surface area contributed by atoms with Crippen LogP contribution in [0.1, 0.15) is 55.3 Å². The number of carbonyl (C=O) groups excluding carboxylic acids is 2. The Labute approximate surface area is 155 Å². The number of anilines is 1. The third-order valence-corrected chi connectivity index (χ3v) is 5.22. The van der Waals surface area contributed by atoms with Crippen LogP contribution in [0.15, 0.2) is 18.2 Å². The van der Waals surface area contributed by atoms with Crippen LogP contribution in [0, 0.1) is 0 Å². The lowest BCUT2D eigenvalue weighted by Gasteiger charge is -2.25. The number of urea groups is 1. The topological polar surface area (TPSA) is 61.9 Å². The van der Waals surface area contributed by atoms with Gasteiger partial charge in [0.25, 0.3) is 5.91 Å². The van der Waals surface area contributed by atoms with Gasteiger partial charge in [-0.2, -0.15) is 0 Å². The van der Waals surface area contributed by atoms with Crippen molar-refractivity contribution < 1.29 is 14.3 Å². The molecule has 1 aromatic rings. The number of carbonyl (C=O) groups is 2. The predicted molar refractivity (Wildman–Crippen MR) is 102 cm³/mol. The average Bonchev–Trinajstić information content (AvgIpc) is 3.15. The number of nitrogens with one attached hydrogen (secondary N) is 1. The first-order valence-electron chi connectivity index (χ1n) is 9.72. The molecule has 2 saturated heterocycles. The molecule has 2 aliphatic heterocycles. The third-order valence-electron chi connectivity index (χ3n) is 5.22. The molecule has 2 fully saturated rings. The highest BCUT2D eigenvalue weighted by molar-refractivity contribution is 5.98. The van der Waals surface area contributed by atoms with Crippen molar-refractivity contribution in [2.75, 3.05) is 38.6 Å². The largest absolute Gasteiger partial charge is 0.495 e. The van der Waals surface area contributed by atoms with Crippen LogP contribution in [0.4, 0.5) is 10.5 Å². The summed E-state index contributed by atoms with van der Waals surface area (Å²) < 4.78 is 5.38. The molecule has 1 aromatic carbocycles. The highest BCUT2D eigenvalue weighted by Crippen LogP contribution is 2.27. The van der Waals surface area contributed by atoms with Gasteiger partial charge in [0.05, 0.1) is 12.8 Å². The van der Waals surface area contributed by atoms with E-state index in [9.17, 15) is 9.59 Å². The minimum Gasteiger partial charge on any atom is -0.495 e. The van der Waals surface area contributed by atoms with Crippen LogP contribution in [-0.4, -0.2) is 55.0 Å². The Morgan fingerprint density at radius 3 is 2.12 bits per heavy atom. The minimum atomic E-state index is -0.115. The number of methoxy groups -OCH3 is 1. The Kier molecular flexibility index (Phi) is 6.36. The van der Waals surface area contributed by atoms with Gasteiger partial charge < -0.3 is 19.9 Å². The summed E-state index contributed by atoms with van der Waals surface area (Å²) >= 11 is 0. The minimum absolute atomic E-state index is 0.0203. The number of rotatable bonds is 3. The zero-order valence-electron chi connectivity index (χ0n) is 15.6. The van der Waals surface area contributed by atoms with Crippen molar-refractivity contribution in [3.05, 3.63) is 23.8 Å². The first-order chi connectivity index (χ1) is 12.7. The Morgan fingerprint density at radius 2 is 1.46 bits per heavy atom. The van der Waals surface area contributed by atoms with Crippen LogP contribution >= 0.6 is 0 Å². The van der Waals surface area contributed by atoms with Gasteiger partial charge in [-0.1, -0.05) is 19.3 Å². The van der Waals surface area contributed by atoms with Crippen molar-refractivity contribution in [1.29, 1.82) is 0 Å². The lowest BCUT2D eigenvalue weighted by atomic mass is 10.1. The Bertz CT molecular complexity index is 633. The summed E-state index contributed by atoms with van der Waals surface area (Å²) in [5.74, 6) is 0.593. The molecule has 6 heteroatoms. The maximum absolute atomic E-state index is 12.7. The first-order valence-corrected chi connectivity index (χ1v) is 9.72. The normalized spacial score (nSPS) is 18.2.